The summed E-state index contributed by atoms with van der Waals surface area (Å²) in [6.07, 6.45) is 1.69. The molecule has 0 N–H and O–H groups in total. The van der Waals surface area contributed by atoms with E-state index in [4.69, 9.17) is 4.74 Å². The number of esters is 1. The Morgan fingerprint density at radius 3 is 2.68 bits per heavy atom. The van der Waals surface area contributed by atoms with Gasteiger partial charge in [0.2, 0.25) is 0 Å². The Kier molecular flexibility index (Phi) is 3.63. The smallest absolute Gasteiger partial charge is 0.337 e. The molecule has 3 nitrogen and oxygen atoms in total. The summed E-state index contributed by atoms with van der Waals surface area (Å²) in [5.74, 6) is -1.26. The van der Waals surface area contributed by atoms with Crippen LogP contribution in [0.15, 0.2) is 42.5 Å². The van der Waals surface area contributed by atoms with Gasteiger partial charge in [-0.2, -0.15) is 0 Å². The second-order valence-corrected chi connectivity index (χ2v) is 4.76. The van der Waals surface area contributed by atoms with Crippen LogP contribution >= 0.6 is 0 Å². The summed E-state index contributed by atoms with van der Waals surface area (Å²) < 4.78 is 37.3. The third-order valence-corrected chi connectivity index (χ3v) is 3.44. The number of hydrogen-bond acceptors (Lipinski definition) is 3. The summed E-state index contributed by atoms with van der Waals surface area (Å²) in [6.45, 7) is 0.275. The topological polar surface area (TPSA) is 35.5 Å². The van der Waals surface area contributed by atoms with Gasteiger partial charge >= 0.3 is 5.97 Å². The monoisotopic (exact) mass is 302 g/mol. The zero-order valence-corrected chi connectivity index (χ0v) is 11.7. The van der Waals surface area contributed by atoms with Gasteiger partial charge < -0.3 is 9.47 Å². The maximum absolute atomic E-state index is 14.0. The fourth-order valence-electron chi connectivity index (χ4n) is 2.40. The first-order valence-electron chi connectivity index (χ1n) is 6.61. The summed E-state index contributed by atoms with van der Waals surface area (Å²) in [7, 11) is 1.29. The van der Waals surface area contributed by atoms with Crippen molar-refractivity contribution in [1.29, 1.82) is 0 Å². The molecule has 22 heavy (non-hydrogen) atoms. The zero-order valence-electron chi connectivity index (χ0n) is 11.7. The summed E-state index contributed by atoms with van der Waals surface area (Å²) in [5.41, 5.74) is 1.72. The highest BCUT2D eigenvalue weighted by Crippen LogP contribution is 2.36. The lowest BCUT2D eigenvalue weighted by atomic mass is 9.93. The van der Waals surface area contributed by atoms with Crippen LogP contribution in [0.5, 0.6) is 5.75 Å². The second kappa shape index (κ2) is 5.60. The first kappa shape index (κ1) is 14.3. The first-order valence-corrected chi connectivity index (χ1v) is 6.61. The van der Waals surface area contributed by atoms with Crippen LogP contribution in [0, 0.1) is 11.6 Å². The molecule has 0 aliphatic carbocycles. The fraction of sp³-hybridized carbons (Fsp3) is 0.118. The van der Waals surface area contributed by atoms with Crippen LogP contribution in [0.25, 0.3) is 5.57 Å². The van der Waals surface area contributed by atoms with Crippen molar-refractivity contribution in [3.63, 3.8) is 0 Å². The van der Waals surface area contributed by atoms with Gasteiger partial charge in [-0.3, -0.25) is 0 Å². The zero-order chi connectivity index (χ0) is 15.7. The van der Waals surface area contributed by atoms with E-state index in [1.165, 1.54) is 19.2 Å². The molecule has 1 aliphatic heterocycles. The summed E-state index contributed by atoms with van der Waals surface area (Å²) in [6, 6.07) is 8.18. The van der Waals surface area contributed by atoms with Gasteiger partial charge in [0, 0.05) is 17.2 Å². The molecule has 2 aromatic rings. The summed E-state index contributed by atoms with van der Waals surface area (Å²) in [4.78, 5) is 11.6. The second-order valence-electron chi connectivity index (χ2n) is 4.76. The molecular formula is C17H12F2O3. The van der Waals surface area contributed by atoms with Gasteiger partial charge in [0.1, 0.15) is 24.0 Å². The van der Waals surface area contributed by atoms with Crippen LogP contribution in [0.4, 0.5) is 8.78 Å². The van der Waals surface area contributed by atoms with Gasteiger partial charge in [0.15, 0.2) is 0 Å². The highest BCUT2D eigenvalue weighted by Gasteiger charge is 2.20. The van der Waals surface area contributed by atoms with Crippen LogP contribution in [0.3, 0.4) is 0 Å². The Labute approximate surface area is 125 Å². The van der Waals surface area contributed by atoms with Gasteiger partial charge in [-0.1, -0.05) is 0 Å². The Morgan fingerprint density at radius 1 is 1.14 bits per heavy atom. The predicted molar refractivity (Wildman–Crippen MR) is 76.7 cm³/mol. The molecule has 112 valence electrons. The molecule has 0 unspecified atom stereocenters. The Bertz CT molecular complexity index is 781. The van der Waals surface area contributed by atoms with Crippen molar-refractivity contribution >= 4 is 11.5 Å². The third kappa shape index (κ3) is 2.45. The van der Waals surface area contributed by atoms with E-state index in [1.54, 1.807) is 24.3 Å². The normalized spacial score (nSPS) is 13.0. The number of hydrogen-bond donors (Lipinski definition) is 0. The van der Waals surface area contributed by atoms with Crippen molar-refractivity contribution in [1.82, 2.24) is 0 Å². The van der Waals surface area contributed by atoms with Crippen LogP contribution in [0.2, 0.25) is 0 Å². The third-order valence-electron chi connectivity index (χ3n) is 3.44. The maximum atomic E-state index is 14.0. The molecule has 0 atom stereocenters. The van der Waals surface area contributed by atoms with Crippen molar-refractivity contribution in [3.05, 3.63) is 70.8 Å². The van der Waals surface area contributed by atoms with Crippen LogP contribution < -0.4 is 4.74 Å². The Balaban J connectivity index is 2.12. The lowest BCUT2D eigenvalue weighted by Crippen LogP contribution is -2.09. The molecule has 0 aromatic heterocycles. The number of rotatable bonds is 2. The molecular weight excluding hydrogens is 290 g/mol. The van der Waals surface area contributed by atoms with Crippen molar-refractivity contribution in [2.75, 3.05) is 13.7 Å². The first-order chi connectivity index (χ1) is 10.6. The van der Waals surface area contributed by atoms with Crippen molar-refractivity contribution in [2.24, 2.45) is 0 Å². The molecule has 1 aliphatic rings. The van der Waals surface area contributed by atoms with Crippen LogP contribution in [-0.2, 0) is 4.74 Å². The molecule has 2 aromatic carbocycles. The standard InChI is InChI=1S/C17H12F2O3/c1-21-17(20)10-2-5-16-14(8-10)12(6-7-22-16)13-4-3-11(18)9-15(13)19/h2-6,8-9H,7H2,1H3. The lowest BCUT2D eigenvalue weighted by molar-refractivity contribution is 0.0600. The van der Waals surface area contributed by atoms with Crippen LogP contribution in [0.1, 0.15) is 21.5 Å². The summed E-state index contributed by atoms with van der Waals surface area (Å²) in [5, 5.41) is 0. The van der Waals surface area contributed by atoms with E-state index in [9.17, 15) is 13.6 Å². The van der Waals surface area contributed by atoms with Crippen molar-refractivity contribution in [2.45, 2.75) is 0 Å². The van der Waals surface area contributed by atoms with Gasteiger partial charge in [0.05, 0.1) is 12.7 Å². The van der Waals surface area contributed by atoms with Crippen molar-refractivity contribution in [3.8, 4) is 5.75 Å². The highest BCUT2D eigenvalue weighted by atomic mass is 19.1. The van der Waals surface area contributed by atoms with Gasteiger partial charge in [-0.15, -0.1) is 0 Å². The average Bonchev–Trinajstić information content (AvgIpc) is 2.53. The quantitative estimate of drug-likeness (QED) is 0.796. The van der Waals surface area contributed by atoms with E-state index in [1.807, 2.05) is 0 Å². The minimum atomic E-state index is -0.664. The van der Waals surface area contributed by atoms with E-state index >= 15 is 0 Å². The molecule has 0 radical (unpaired) electrons. The Morgan fingerprint density at radius 2 is 1.95 bits per heavy atom. The van der Waals surface area contributed by atoms with Gasteiger partial charge in [0.25, 0.3) is 0 Å². The number of benzene rings is 2. The maximum Gasteiger partial charge on any atom is 0.337 e. The number of carbonyl (C=O) groups is 1. The number of methoxy groups -OCH3 is 1. The number of fused-ring (bicyclic) bond motifs is 1. The van der Waals surface area contributed by atoms with Gasteiger partial charge in [-0.05, 0) is 42.0 Å². The summed E-state index contributed by atoms with van der Waals surface area (Å²) >= 11 is 0. The predicted octanol–water partition coefficient (Wildman–Crippen LogP) is 3.58. The number of ether oxygens (including phenoxy) is 2. The SMILES string of the molecule is COC(=O)c1ccc2c(c1)C(c1ccc(F)cc1F)=CCO2. The molecule has 0 fully saturated rings. The molecule has 0 bridgehead atoms. The highest BCUT2D eigenvalue weighted by molar-refractivity contribution is 5.93. The molecule has 3 rings (SSSR count). The average molecular weight is 302 g/mol. The van der Waals surface area contributed by atoms with E-state index in [2.05, 4.69) is 4.74 Å². The molecule has 0 saturated heterocycles. The molecule has 1 heterocycles. The molecule has 5 heteroatoms. The fourth-order valence-corrected chi connectivity index (χ4v) is 2.40. The lowest BCUT2D eigenvalue weighted by Gasteiger charge is -2.20. The van der Waals surface area contributed by atoms with E-state index in [0.29, 0.717) is 22.4 Å². The van der Waals surface area contributed by atoms with E-state index < -0.39 is 17.6 Å². The van der Waals surface area contributed by atoms with E-state index in [-0.39, 0.29) is 12.2 Å². The molecule has 0 spiro atoms. The van der Waals surface area contributed by atoms with Crippen molar-refractivity contribution < 1.29 is 23.0 Å². The van der Waals surface area contributed by atoms with E-state index in [0.717, 1.165) is 6.07 Å². The number of carbonyl (C=O) groups excluding carboxylic acids is 1. The largest absolute Gasteiger partial charge is 0.489 e. The Hall–Kier alpha value is -2.69. The minimum absolute atomic E-state index is 0.257. The van der Waals surface area contributed by atoms with Crippen LogP contribution in [-0.4, -0.2) is 19.7 Å². The molecule has 0 amide bonds. The van der Waals surface area contributed by atoms with Gasteiger partial charge in [-0.25, -0.2) is 13.6 Å². The molecule has 0 saturated carbocycles. The number of halogens is 2. The minimum Gasteiger partial charge on any atom is -0.489 e.